The highest BCUT2D eigenvalue weighted by Crippen LogP contribution is 1.89. The van der Waals surface area contributed by atoms with Crippen molar-refractivity contribution >= 4 is 19.6 Å². The maximum atomic E-state index is 5.38. The molecule has 0 aromatic carbocycles. The highest BCUT2D eigenvalue weighted by molar-refractivity contribution is 7.98. The third-order valence-electron chi connectivity index (χ3n) is 1.13. The molecule has 0 aliphatic carbocycles. The van der Waals surface area contributed by atoms with Crippen LogP contribution in [0.1, 0.15) is 6.92 Å². The Morgan fingerprint density at radius 2 is 2.33 bits per heavy atom. The van der Waals surface area contributed by atoms with E-state index < -0.39 is 0 Å². The van der Waals surface area contributed by atoms with E-state index >= 15 is 0 Å². The van der Waals surface area contributed by atoms with E-state index in [9.17, 15) is 0 Å². The fraction of sp³-hybridized carbons (Fsp3) is 1.00. The number of hydrogen-bond acceptors (Lipinski definition) is 3. The summed E-state index contributed by atoms with van der Waals surface area (Å²) in [4.78, 5) is 0. The summed E-state index contributed by atoms with van der Waals surface area (Å²) in [7, 11) is 5.38. The van der Waals surface area contributed by atoms with E-state index in [0.29, 0.717) is 0 Å². The molecule has 0 saturated carbocycles. The number of nitrogens with one attached hydrogen (secondary N) is 1. The van der Waals surface area contributed by atoms with Crippen molar-refractivity contribution in [2.45, 2.75) is 18.9 Å². The van der Waals surface area contributed by atoms with Gasteiger partial charge in [0.25, 0.3) is 0 Å². The topological polar surface area (TPSA) is 38.0 Å². The normalized spacial score (nSPS) is 17.2. The van der Waals surface area contributed by atoms with E-state index in [1.165, 1.54) is 0 Å². The number of nitrogens with two attached hydrogens (primary N) is 1. The van der Waals surface area contributed by atoms with Gasteiger partial charge in [0.15, 0.2) is 0 Å². The van der Waals surface area contributed by atoms with Crippen molar-refractivity contribution in [3.63, 3.8) is 0 Å². The van der Waals surface area contributed by atoms with Gasteiger partial charge >= 0.3 is 0 Å². The van der Waals surface area contributed by atoms with E-state index in [1.807, 2.05) is 13.2 Å². The van der Waals surface area contributed by atoms with Crippen molar-refractivity contribution in [1.29, 1.82) is 0 Å². The summed E-state index contributed by atoms with van der Waals surface area (Å²) in [5, 5.41) is 3.14. The molecule has 9 heavy (non-hydrogen) atoms. The molecule has 2 nitrogen and oxygen atoms in total. The lowest BCUT2D eigenvalue weighted by molar-refractivity contribution is 0.577. The molecular formula is C5H13BN2S. The highest BCUT2D eigenvalue weighted by atomic mass is 32.2. The zero-order valence-electron chi connectivity index (χ0n) is 5.92. The van der Waals surface area contributed by atoms with Crippen LogP contribution in [0.4, 0.5) is 0 Å². The summed E-state index contributed by atoms with van der Waals surface area (Å²) >= 11 is 1.73. The fourth-order valence-corrected chi connectivity index (χ4v) is 0.780. The van der Waals surface area contributed by atoms with Gasteiger partial charge in [0, 0.05) is 11.9 Å². The molecule has 0 aliphatic rings. The molecule has 0 heterocycles. The fourth-order valence-electron chi connectivity index (χ4n) is 0.351. The Morgan fingerprint density at radius 3 is 2.67 bits per heavy atom. The van der Waals surface area contributed by atoms with E-state index in [4.69, 9.17) is 13.6 Å². The van der Waals surface area contributed by atoms with E-state index in [0.717, 1.165) is 5.88 Å². The smallest absolute Gasteiger partial charge is 0.0924 e. The molecule has 3 N–H and O–H groups in total. The highest BCUT2D eigenvalue weighted by Gasteiger charge is 2.03. The Balaban J connectivity index is 3.16. The first-order valence-electron chi connectivity index (χ1n) is 2.92. The minimum absolute atomic E-state index is 0.206. The molecule has 2 unspecified atom stereocenters. The number of rotatable bonds is 4. The SMILES string of the molecule is [B]C(N)C(C)NCSC. The van der Waals surface area contributed by atoms with Crippen LogP contribution in [0.2, 0.25) is 0 Å². The van der Waals surface area contributed by atoms with Crippen molar-refractivity contribution in [3.05, 3.63) is 0 Å². The third kappa shape index (κ3) is 4.81. The maximum absolute atomic E-state index is 5.38. The Bertz CT molecular complexity index is 70.0. The third-order valence-corrected chi connectivity index (χ3v) is 1.58. The standard InChI is InChI=1S/C5H13BN2S/c1-4(5(6)7)8-3-9-2/h4-5,8H,3,7H2,1-2H3. The van der Waals surface area contributed by atoms with Crippen LogP contribution < -0.4 is 11.1 Å². The predicted octanol–water partition coefficient (Wildman–Crippen LogP) is -0.262. The predicted molar refractivity (Wildman–Crippen MR) is 44.7 cm³/mol. The average molecular weight is 144 g/mol. The molecule has 52 valence electrons. The lowest BCUT2D eigenvalue weighted by Crippen LogP contribution is -2.42. The molecule has 0 aliphatic heterocycles. The Morgan fingerprint density at radius 1 is 1.78 bits per heavy atom. The molecule has 0 bridgehead atoms. The molecule has 0 amide bonds. The summed E-state index contributed by atoms with van der Waals surface area (Å²) in [5.41, 5.74) is 5.38. The second-order valence-electron chi connectivity index (χ2n) is 2.00. The maximum Gasteiger partial charge on any atom is 0.0924 e. The first kappa shape index (κ1) is 9.33. The van der Waals surface area contributed by atoms with Crippen molar-refractivity contribution < 1.29 is 0 Å². The van der Waals surface area contributed by atoms with Crippen LogP contribution in [-0.2, 0) is 0 Å². The van der Waals surface area contributed by atoms with Crippen molar-refractivity contribution in [2.24, 2.45) is 5.73 Å². The first-order valence-corrected chi connectivity index (χ1v) is 4.31. The number of hydrogen-bond donors (Lipinski definition) is 2. The van der Waals surface area contributed by atoms with Crippen LogP contribution in [0.3, 0.4) is 0 Å². The van der Waals surface area contributed by atoms with Crippen LogP contribution in [0, 0.1) is 0 Å². The average Bonchev–Trinajstić information content (AvgIpc) is 1.82. The summed E-state index contributed by atoms with van der Waals surface area (Å²) in [5.74, 6) is 0.656. The van der Waals surface area contributed by atoms with E-state index in [-0.39, 0.29) is 12.0 Å². The quantitative estimate of drug-likeness (QED) is 0.421. The van der Waals surface area contributed by atoms with Crippen LogP contribution >= 0.6 is 11.8 Å². The molecule has 0 rings (SSSR count). The van der Waals surface area contributed by atoms with Crippen LogP contribution in [0.15, 0.2) is 0 Å². The summed E-state index contributed by atoms with van der Waals surface area (Å²) in [6, 6.07) is 0.206. The van der Waals surface area contributed by atoms with E-state index in [2.05, 4.69) is 5.32 Å². The van der Waals surface area contributed by atoms with Crippen molar-refractivity contribution in [2.75, 3.05) is 12.1 Å². The van der Waals surface area contributed by atoms with Gasteiger partial charge in [-0.25, -0.2) is 0 Å². The number of thioether (sulfide) groups is 1. The largest absolute Gasteiger partial charge is 0.335 e. The minimum atomic E-state index is -0.253. The van der Waals surface area contributed by atoms with Crippen molar-refractivity contribution in [1.82, 2.24) is 5.32 Å². The molecule has 0 spiro atoms. The van der Waals surface area contributed by atoms with Gasteiger partial charge in [-0.1, -0.05) is 0 Å². The second-order valence-corrected chi connectivity index (χ2v) is 2.87. The zero-order valence-corrected chi connectivity index (χ0v) is 6.74. The molecule has 4 heteroatoms. The zero-order chi connectivity index (χ0) is 7.28. The molecule has 2 radical (unpaired) electrons. The Labute approximate surface area is 62.4 Å². The van der Waals surface area contributed by atoms with Crippen molar-refractivity contribution in [3.8, 4) is 0 Å². The van der Waals surface area contributed by atoms with Crippen LogP contribution in [0.25, 0.3) is 0 Å². The molecule has 0 aromatic rings. The van der Waals surface area contributed by atoms with Gasteiger partial charge in [-0.05, 0) is 19.1 Å². The minimum Gasteiger partial charge on any atom is -0.335 e. The van der Waals surface area contributed by atoms with Gasteiger partial charge in [0.2, 0.25) is 0 Å². The monoisotopic (exact) mass is 144 g/mol. The van der Waals surface area contributed by atoms with Gasteiger partial charge in [0.05, 0.1) is 7.85 Å². The summed E-state index contributed by atoms with van der Waals surface area (Å²) in [6.45, 7) is 1.97. The first-order chi connectivity index (χ1) is 4.18. The van der Waals surface area contributed by atoms with Gasteiger partial charge in [-0.2, -0.15) is 0 Å². The molecule has 0 aromatic heterocycles. The second kappa shape index (κ2) is 5.15. The van der Waals surface area contributed by atoms with Gasteiger partial charge in [0.1, 0.15) is 0 Å². The van der Waals surface area contributed by atoms with Gasteiger partial charge in [-0.3, -0.25) is 0 Å². The molecule has 2 atom stereocenters. The van der Waals surface area contributed by atoms with Crippen LogP contribution in [-0.4, -0.2) is 32.0 Å². The molecule has 0 saturated heterocycles. The van der Waals surface area contributed by atoms with E-state index in [1.54, 1.807) is 11.8 Å². The molecular weight excluding hydrogens is 131 g/mol. The lowest BCUT2D eigenvalue weighted by Gasteiger charge is -2.16. The van der Waals surface area contributed by atoms with Gasteiger partial charge in [-0.15, -0.1) is 11.8 Å². The summed E-state index contributed by atoms with van der Waals surface area (Å²) in [6.07, 6.45) is 2.03. The Kier molecular flexibility index (Phi) is 5.34. The van der Waals surface area contributed by atoms with Crippen LogP contribution in [0.5, 0.6) is 0 Å². The summed E-state index contributed by atoms with van der Waals surface area (Å²) < 4.78 is 0. The van der Waals surface area contributed by atoms with Gasteiger partial charge < -0.3 is 11.1 Å². The lowest BCUT2D eigenvalue weighted by atomic mass is 9.91. The Hall–Kier alpha value is 0.335. The molecule has 0 fully saturated rings.